The van der Waals surface area contributed by atoms with Crippen molar-refractivity contribution in [2.24, 2.45) is 0 Å². The standard InChI is InChI=1S/C15H12ClN3O3/c1-18(15-13(16)7-11(8-17-15)19(20)21)9-12-6-10-4-2-3-5-14(10)22-12/h2-8H,9H2,1H3. The van der Waals surface area contributed by atoms with Gasteiger partial charge in [0.05, 0.1) is 16.5 Å². The maximum Gasteiger partial charge on any atom is 0.289 e. The van der Waals surface area contributed by atoms with Crippen molar-refractivity contribution in [2.75, 3.05) is 11.9 Å². The van der Waals surface area contributed by atoms with E-state index in [9.17, 15) is 10.1 Å². The summed E-state index contributed by atoms with van der Waals surface area (Å²) in [6.45, 7) is 0.458. The molecule has 0 atom stereocenters. The van der Waals surface area contributed by atoms with Crippen LogP contribution in [-0.4, -0.2) is 17.0 Å². The predicted molar refractivity (Wildman–Crippen MR) is 84.2 cm³/mol. The van der Waals surface area contributed by atoms with Gasteiger partial charge in [0.25, 0.3) is 5.69 Å². The van der Waals surface area contributed by atoms with Gasteiger partial charge in [0, 0.05) is 18.5 Å². The highest BCUT2D eigenvalue weighted by atomic mass is 35.5. The second kappa shape index (κ2) is 5.65. The molecule has 0 fully saturated rings. The number of aromatic nitrogens is 1. The van der Waals surface area contributed by atoms with E-state index in [1.165, 1.54) is 12.3 Å². The molecule has 0 N–H and O–H groups in total. The van der Waals surface area contributed by atoms with E-state index in [-0.39, 0.29) is 10.7 Å². The van der Waals surface area contributed by atoms with E-state index >= 15 is 0 Å². The van der Waals surface area contributed by atoms with Crippen molar-refractivity contribution in [1.82, 2.24) is 4.98 Å². The van der Waals surface area contributed by atoms with E-state index < -0.39 is 4.92 Å². The van der Waals surface area contributed by atoms with Crippen LogP contribution in [0.5, 0.6) is 0 Å². The number of hydrogen-bond donors (Lipinski definition) is 0. The first-order valence-electron chi connectivity index (χ1n) is 6.53. The number of benzene rings is 1. The molecule has 0 bridgehead atoms. The van der Waals surface area contributed by atoms with Gasteiger partial charge in [-0.1, -0.05) is 29.8 Å². The lowest BCUT2D eigenvalue weighted by Crippen LogP contribution is -2.17. The number of halogens is 1. The second-order valence-corrected chi connectivity index (χ2v) is 5.27. The number of fused-ring (bicyclic) bond motifs is 1. The van der Waals surface area contributed by atoms with Crippen molar-refractivity contribution in [3.05, 3.63) is 63.5 Å². The van der Waals surface area contributed by atoms with E-state index in [0.717, 1.165) is 16.7 Å². The Kier molecular flexibility index (Phi) is 3.68. The topological polar surface area (TPSA) is 72.4 Å². The van der Waals surface area contributed by atoms with Crippen LogP contribution in [0, 0.1) is 10.1 Å². The fourth-order valence-electron chi connectivity index (χ4n) is 2.22. The number of rotatable bonds is 4. The molecule has 1 aromatic carbocycles. The van der Waals surface area contributed by atoms with Crippen LogP contribution < -0.4 is 4.90 Å². The molecule has 2 aromatic heterocycles. The number of furan rings is 1. The van der Waals surface area contributed by atoms with Crippen LogP contribution in [0.2, 0.25) is 5.02 Å². The Morgan fingerprint density at radius 3 is 2.82 bits per heavy atom. The normalized spacial score (nSPS) is 10.8. The number of nitrogens with zero attached hydrogens (tertiary/aromatic N) is 3. The van der Waals surface area contributed by atoms with Crippen LogP contribution in [0.1, 0.15) is 5.76 Å². The molecule has 0 unspecified atom stereocenters. The molecule has 2 heterocycles. The molecule has 3 aromatic rings. The zero-order valence-electron chi connectivity index (χ0n) is 11.7. The maximum absolute atomic E-state index is 10.7. The summed E-state index contributed by atoms with van der Waals surface area (Å²) < 4.78 is 5.74. The van der Waals surface area contributed by atoms with Gasteiger partial charge in [-0.3, -0.25) is 10.1 Å². The smallest absolute Gasteiger partial charge is 0.289 e. The Labute approximate surface area is 131 Å². The van der Waals surface area contributed by atoms with E-state index in [1.807, 2.05) is 30.3 Å². The third-order valence-corrected chi connectivity index (χ3v) is 3.53. The summed E-state index contributed by atoms with van der Waals surface area (Å²) in [4.78, 5) is 16.0. The Morgan fingerprint density at radius 2 is 2.14 bits per heavy atom. The Morgan fingerprint density at radius 1 is 1.36 bits per heavy atom. The quantitative estimate of drug-likeness (QED) is 0.536. The summed E-state index contributed by atoms with van der Waals surface area (Å²) in [5.74, 6) is 1.23. The third kappa shape index (κ3) is 2.73. The number of nitro groups is 1. The largest absolute Gasteiger partial charge is 0.459 e. The Bertz CT molecular complexity index is 814. The zero-order valence-corrected chi connectivity index (χ0v) is 12.4. The van der Waals surface area contributed by atoms with Crippen molar-refractivity contribution in [3.8, 4) is 0 Å². The molecule has 112 valence electrons. The maximum atomic E-state index is 10.7. The fourth-order valence-corrected chi connectivity index (χ4v) is 2.53. The van der Waals surface area contributed by atoms with Crippen LogP contribution in [0.25, 0.3) is 11.0 Å². The minimum Gasteiger partial charge on any atom is -0.459 e. The van der Waals surface area contributed by atoms with Gasteiger partial charge in [0.1, 0.15) is 23.4 Å². The van der Waals surface area contributed by atoms with E-state index in [2.05, 4.69) is 4.98 Å². The molecule has 0 radical (unpaired) electrons. The molecule has 0 aliphatic rings. The molecular weight excluding hydrogens is 306 g/mol. The highest BCUT2D eigenvalue weighted by molar-refractivity contribution is 6.33. The number of hydrogen-bond acceptors (Lipinski definition) is 5. The van der Waals surface area contributed by atoms with Gasteiger partial charge in [0.15, 0.2) is 0 Å². The molecule has 7 heteroatoms. The summed E-state index contributed by atoms with van der Waals surface area (Å²) in [5, 5.41) is 12.0. The highest BCUT2D eigenvalue weighted by Crippen LogP contribution is 2.28. The van der Waals surface area contributed by atoms with Crippen LogP contribution in [-0.2, 0) is 6.54 Å². The van der Waals surface area contributed by atoms with Gasteiger partial charge in [-0.05, 0) is 12.1 Å². The van der Waals surface area contributed by atoms with Crippen molar-refractivity contribution in [1.29, 1.82) is 0 Å². The summed E-state index contributed by atoms with van der Waals surface area (Å²) >= 11 is 6.07. The summed E-state index contributed by atoms with van der Waals surface area (Å²) in [6, 6.07) is 11.0. The number of para-hydroxylation sites is 1. The molecule has 0 aliphatic carbocycles. The average Bonchev–Trinajstić information content (AvgIpc) is 2.88. The molecule has 22 heavy (non-hydrogen) atoms. The first kappa shape index (κ1) is 14.3. The van der Waals surface area contributed by atoms with Gasteiger partial charge >= 0.3 is 0 Å². The lowest BCUT2D eigenvalue weighted by Gasteiger charge is -2.17. The first-order chi connectivity index (χ1) is 10.5. The molecule has 0 amide bonds. The average molecular weight is 318 g/mol. The van der Waals surface area contributed by atoms with Crippen LogP contribution >= 0.6 is 11.6 Å². The Hall–Kier alpha value is -2.60. The SMILES string of the molecule is CN(Cc1cc2ccccc2o1)c1ncc([N+](=O)[O-])cc1Cl. The molecule has 0 spiro atoms. The van der Waals surface area contributed by atoms with Gasteiger partial charge in [-0.15, -0.1) is 0 Å². The van der Waals surface area contributed by atoms with Crippen molar-refractivity contribution in [2.45, 2.75) is 6.54 Å². The van der Waals surface area contributed by atoms with Gasteiger partial charge < -0.3 is 9.32 Å². The lowest BCUT2D eigenvalue weighted by molar-refractivity contribution is -0.385. The minimum atomic E-state index is -0.526. The monoisotopic (exact) mass is 317 g/mol. The molecule has 0 saturated carbocycles. The Balaban J connectivity index is 1.84. The fraction of sp³-hybridized carbons (Fsp3) is 0.133. The summed E-state index contributed by atoms with van der Waals surface area (Å²) in [6.07, 6.45) is 1.19. The van der Waals surface area contributed by atoms with E-state index in [0.29, 0.717) is 12.4 Å². The zero-order chi connectivity index (χ0) is 15.7. The third-order valence-electron chi connectivity index (χ3n) is 3.25. The summed E-state index contributed by atoms with van der Waals surface area (Å²) in [7, 11) is 1.80. The van der Waals surface area contributed by atoms with Crippen LogP contribution in [0.4, 0.5) is 11.5 Å². The van der Waals surface area contributed by atoms with Gasteiger partial charge in [-0.2, -0.15) is 0 Å². The molecule has 0 aliphatic heterocycles. The van der Waals surface area contributed by atoms with Crippen LogP contribution in [0.3, 0.4) is 0 Å². The molecule has 3 rings (SSSR count). The number of pyridine rings is 1. The van der Waals surface area contributed by atoms with E-state index in [1.54, 1.807) is 11.9 Å². The highest BCUT2D eigenvalue weighted by Gasteiger charge is 2.15. The number of anilines is 1. The van der Waals surface area contributed by atoms with Crippen molar-refractivity contribution >= 4 is 34.1 Å². The first-order valence-corrected chi connectivity index (χ1v) is 6.91. The van der Waals surface area contributed by atoms with Crippen molar-refractivity contribution < 1.29 is 9.34 Å². The van der Waals surface area contributed by atoms with E-state index in [4.69, 9.17) is 16.0 Å². The second-order valence-electron chi connectivity index (χ2n) is 4.86. The predicted octanol–water partition coefficient (Wildman–Crippen LogP) is 4.03. The van der Waals surface area contributed by atoms with Crippen LogP contribution in [0.15, 0.2) is 47.0 Å². The molecule has 0 saturated heterocycles. The van der Waals surface area contributed by atoms with Crippen molar-refractivity contribution in [3.63, 3.8) is 0 Å². The molecule has 6 nitrogen and oxygen atoms in total. The summed E-state index contributed by atoms with van der Waals surface area (Å²) in [5.41, 5.74) is 0.680. The lowest BCUT2D eigenvalue weighted by atomic mass is 10.2. The minimum absolute atomic E-state index is 0.133. The van der Waals surface area contributed by atoms with Gasteiger partial charge in [-0.25, -0.2) is 4.98 Å². The van der Waals surface area contributed by atoms with Gasteiger partial charge in [0.2, 0.25) is 0 Å². The molecular formula is C15H12ClN3O3.